The number of rotatable bonds is 6. The van der Waals surface area contributed by atoms with E-state index < -0.39 is 0 Å². The summed E-state index contributed by atoms with van der Waals surface area (Å²) < 4.78 is 0. The molecule has 0 spiro atoms. The highest BCUT2D eigenvalue weighted by atomic mass is 32.1. The first kappa shape index (κ1) is 16.7. The van der Waals surface area contributed by atoms with Crippen LogP contribution in [0.1, 0.15) is 29.7 Å². The van der Waals surface area contributed by atoms with E-state index in [-0.39, 0.29) is 6.03 Å². The molecular weight excluding hydrogens is 308 g/mol. The lowest BCUT2D eigenvalue weighted by molar-refractivity contribution is 0.217. The van der Waals surface area contributed by atoms with Gasteiger partial charge in [-0.25, -0.2) is 4.79 Å². The molecule has 2 aliphatic rings. The van der Waals surface area contributed by atoms with E-state index >= 15 is 0 Å². The average Bonchev–Trinajstić information content (AvgIpc) is 3.03. The number of amides is 2. The van der Waals surface area contributed by atoms with Gasteiger partial charge in [0.1, 0.15) is 0 Å². The largest absolute Gasteiger partial charge is 0.337 e. The van der Waals surface area contributed by atoms with E-state index in [9.17, 15) is 4.79 Å². The van der Waals surface area contributed by atoms with Crippen molar-refractivity contribution in [2.75, 3.05) is 45.8 Å². The minimum atomic E-state index is -0.0322. The van der Waals surface area contributed by atoms with Crippen molar-refractivity contribution in [1.29, 1.82) is 0 Å². The predicted molar refractivity (Wildman–Crippen MR) is 95.0 cm³/mol. The van der Waals surface area contributed by atoms with Crippen LogP contribution in [0.3, 0.4) is 0 Å². The molecule has 3 rings (SSSR count). The number of fused-ring (bicyclic) bond motifs is 1. The molecule has 0 radical (unpaired) electrons. The van der Waals surface area contributed by atoms with Gasteiger partial charge < -0.3 is 15.5 Å². The highest BCUT2D eigenvalue weighted by Gasteiger charge is 2.16. The maximum absolute atomic E-state index is 11.8. The average molecular weight is 337 g/mol. The monoisotopic (exact) mass is 336 g/mol. The van der Waals surface area contributed by atoms with Gasteiger partial charge in [-0.1, -0.05) is 6.42 Å². The molecule has 6 heteroatoms. The van der Waals surface area contributed by atoms with Crippen molar-refractivity contribution in [2.45, 2.75) is 32.2 Å². The standard InChI is InChI=1S/C17H28N4OS/c22-17(18-6-11-20-8-2-1-3-9-20)19-7-12-21-10-4-16-15(14-21)5-13-23-16/h5,13H,1-4,6-12,14H2,(H2,18,19,22). The number of likely N-dealkylation sites (tertiary alicyclic amines) is 1. The lowest BCUT2D eigenvalue weighted by Crippen LogP contribution is -2.44. The Kier molecular flexibility index (Phi) is 6.30. The van der Waals surface area contributed by atoms with E-state index in [1.54, 1.807) is 0 Å². The zero-order valence-electron chi connectivity index (χ0n) is 13.9. The molecule has 2 N–H and O–H groups in total. The first-order valence-electron chi connectivity index (χ1n) is 8.83. The molecule has 1 aromatic rings. The van der Waals surface area contributed by atoms with Crippen molar-refractivity contribution in [1.82, 2.24) is 20.4 Å². The van der Waals surface area contributed by atoms with Crippen LogP contribution >= 0.6 is 11.3 Å². The molecule has 1 aromatic heterocycles. The quantitative estimate of drug-likeness (QED) is 0.834. The summed E-state index contributed by atoms with van der Waals surface area (Å²) in [5.74, 6) is 0. The van der Waals surface area contributed by atoms with Crippen LogP contribution in [0, 0.1) is 0 Å². The van der Waals surface area contributed by atoms with Crippen LogP contribution in [0.25, 0.3) is 0 Å². The van der Waals surface area contributed by atoms with Crippen molar-refractivity contribution < 1.29 is 4.79 Å². The van der Waals surface area contributed by atoms with E-state index in [0.717, 1.165) is 45.7 Å². The van der Waals surface area contributed by atoms with E-state index in [2.05, 4.69) is 31.9 Å². The number of urea groups is 1. The normalized spacial score (nSPS) is 19.3. The number of hydrogen-bond acceptors (Lipinski definition) is 4. The van der Waals surface area contributed by atoms with Crippen molar-refractivity contribution in [3.05, 3.63) is 21.9 Å². The molecule has 128 valence electrons. The third-order valence-corrected chi connectivity index (χ3v) is 5.79. The summed E-state index contributed by atoms with van der Waals surface area (Å²) in [4.78, 5) is 18.2. The third-order valence-electron chi connectivity index (χ3n) is 4.76. The van der Waals surface area contributed by atoms with E-state index in [1.165, 1.54) is 42.8 Å². The summed E-state index contributed by atoms with van der Waals surface area (Å²) in [6.45, 7) is 7.85. The molecule has 23 heavy (non-hydrogen) atoms. The van der Waals surface area contributed by atoms with Crippen LogP contribution in [0.15, 0.2) is 11.4 Å². The van der Waals surface area contributed by atoms with Gasteiger partial charge in [0.25, 0.3) is 0 Å². The summed E-state index contributed by atoms with van der Waals surface area (Å²) in [5.41, 5.74) is 1.47. The highest BCUT2D eigenvalue weighted by molar-refractivity contribution is 7.10. The van der Waals surface area contributed by atoms with Gasteiger partial charge in [-0.15, -0.1) is 11.3 Å². The van der Waals surface area contributed by atoms with Crippen LogP contribution in [0.5, 0.6) is 0 Å². The molecule has 3 heterocycles. The van der Waals surface area contributed by atoms with Crippen LogP contribution in [-0.4, -0.2) is 61.6 Å². The molecular formula is C17H28N4OS. The Bertz CT molecular complexity index is 499. The Morgan fingerprint density at radius 3 is 2.57 bits per heavy atom. The second kappa shape index (κ2) is 8.66. The summed E-state index contributed by atoms with van der Waals surface area (Å²) in [6, 6.07) is 2.20. The SMILES string of the molecule is O=C(NCCN1CCCCC1)NCCN1CCc2sccc2C1. The van der Waals surface area contributed by atoms with Crippen LogP contribution in [0.4, 0.5) is 4.79 Å². The summed E-state index contributed by atoms with van der Waals surface area (Å²) in [7, 11) is 0. The van der Waals surface area contributed by atoms with Crippen LogP contribution in [-0.2, 0) is 13.0 Å². The zero-order chi connectivity index (χ0) is 15.9. The van der Waals surface area contributed by atoms with Crippen molar-refractivity contribution in [3.8, 4) is 0 Å². The Balaban J connectivity index is 1.25. The first-order valence-corrected chi connectivity index (χ1v) is 9.71. The number of carbonyl (C=O) groups excluding carboxylic acids is 1. The third kappa shape index (κ3) is 5.19. The fourth-order valence-corrected chi connectivity index (χ4v) is 4.29. The lowest BCUT2D eigenvalue weighted by atomic mass is 10.1. The molecule has 0 aliphatic carbocycles. The van der Waals surface area contributed by atoms with Crippen molar-refractivity contribution >= 4 is 17.4 Å². The van der Waals surface area contributed by atoms with E-state index in [4.69, 9.17) is 0 Å². The number of carbonyl (C=O) groups is 1. The maximum atomic E-state index is 11.8. The van der Waals surface area contributed by atoms with Crippen LogP contribution < -0.4 is 10.6 Å². The first-order chi connectivity index (χ1) is 11.3. The van der Waals surface area contributed by atoms with Crippen molar-refractivity contribution in [3.63, 3.8) is 0 Å². The minimum Gasteiger partial charge on any atom is -0.337 e. The molecule has 0 saturated carbocycles. The predicted octanol–water partition coefficient (Wildman–Crippen LogP) is 1.89. The topological polar surface area (TPSA) is 47.6 Å². The molecule has 5 nitrogen and oxygen atoms in total. The molecule has 2 aliphatic heterocycles. The second-order valence-corrected chi connectivity index (χ2v) is 7.48. The molecule has 0 atom stereocenters. The highest BCUT2D eigenvalue weighted by Crippen LogP contribution is 2.23. The Morgan fingerprint density at radius 2 is 1.78 bits per heavy atom. The molecule has 0 aromatic carbocycles. The number of nitrogens with one attached hydrogen (secondary N) is 2. The molecule has 1 saturated heterocycles. The Morgan fingerprint density at radius 1 is 1.04 bits per heavy atom. The summed E-state index contributed by atoms with van der Waals surface area (Å²) in [5, 5.41) is 8.13. The Hall–Kier alpha value is -1.11. The fraction of sp³-hybridized carbons (Fsp3) is 0.706. The molecule has 2 amide bonds. The minimum absolute atomic E-state index is 0.0322. The zero-order valence-corrected chi connectivity index (χ0v) is 14.7. The van der Waals surface area contributed by atoms with Gasteiger partial charge in [0, 0.05) is 44.1 Å². The van der Waals surface area contributed by atoms with E-state index in [1.807, 2.05) is 11.3 Å². The van der Waals surface area contributed by atoms with Crippen LogP contribution in [0.2, 0.25) is 0 Å². The lowest BCUT2D eigenvalue weighted by Gasteiger charge is -2.27. The van der Waals surface area contributed by atoms with Gasteiger partial charge in [-0.05, 0) is 49.4 Å². The van der Waals surface area contributed by atoms with Crippen molar-refractivity contribution in [2.24, 2.45) is 0 Å². The number of thiophene rings is 1. The smallest absolute Gasteiger partial charge is 0.314 e. The summed E-state index contributed by atoms with van der Waals surface area (Å²) in [6.07, 6.45) is 5.10. The number of nitrogens with zero attached hydrogens (tertiary/aromatic N) is 2. The second-order valence-electron chi connectivity index (χ2n) is 6.48. The fourth-order valence-electron chi connectivity index (χ4n) is 3.40. The molecule has 0 unspecified atom stereocenters. The van der Waals surface area contributed by atoms with Gasteiger partial charge in [0.15, 0.2) is 0 Å². The van der Waals surface area contributed by atoms with Gasteiger partial charge in [0.05, 0.1) is 0 Å². The Labute approximate surface area is 143 Å². The molecule has 0 bridgehead atoms. The summed E-state index contributed by atoms with van der Waals surface area (Å²) >= 11 is 1.87. The molecule has 1 fully saturated rings. The number of hydrogen-bond donors (Lipinski definition) is 2. The number of piperidine rings is 1. The van der Waals surface area contributed by atoms with Gasteiger partial charge in [-0.3, -0.25) is 4.90 Å². The maximum Gasteiger partial charge on any atom is 0.314 e. The van der Waals surface area contributed by atoms with E-state index in [0.29, 0.717) is 0 Å². The van der Waals surface area contributed by atoms with Gasteiger partial charge >= 0.3 is 6.03 Å². The van der Waals surface area contributed by atoms with Gasteiger partial charge in [0.2, 0.25) is 0 Å². The van der Waals surface area contributed by atoms with Gasteiger partial charge in [-0.2, -0.15) is 0 Å².